The number of hydrogen-bond acceptors (Lipinski definition) is 3. The fourth-order valence-electron chi connectivity index (χ4n) is 5.12. The van der Waals surface area contributed by atoms with Gasteiger partial charge in [-0.05, 0) is 61.1 Å². The van der Waals surface area contributed by atoms with Crippen LogP contribution in [0.2, 0.25) is 10.0 Å². The molecule has 35 heavy (non-hydrogen) atoms. The lowest BCUT2D eigenvalue weighted by Crippen LogP contribution is -2.57. The summed E-state index contributed by atoms with van der Waals surface area (Å²) in [5.74, 6) is -0.508. The number of piperidine rings is 1. The molecule has 1 aliphatic rings. The first kappa shape index (κ1) is 27.3. The van der Waals surface area contributed by atoms with Crippen LogP contribution >= 0.6 is 23.2 Å². The van der Waals surface area contributed by atoms with Gasteiger partial charge < -0.3 is 9.64 Å². The van der Waals surface area contributed by atoms with E-state index >= 15 is 0 Å². The lowest BCUT2D eigenvalue weighted by molar-refractivity contribution is -0.167. The third kappa shape index (κ3) is 6.10. The van der Waals surface area contributed by atoms with E-state index in [2.05, 4.69) is 6.58 Å². The molecule has 3 rings (SSSR count). The molecule has 0 radical (unpaired) electrons. The summed E-state index contributed by atoms with van der Waals surface area (Å²) in [5.41, 5.74) is 1.24. The SMILES string of the molecule is C=CCC1(C)C[C@H](c2cccc(Cl)c2)[C@@H](c2ccc(Cl)cc2)N([C@@H](CC)C(=O)OCCCC)C1=O. The Morgan fingerprint density at radius 2 is 1.89 bits per heavy atom. The number of nitrogens with zero attached hydrogens (tertiary/aromatic N) is 1. The Morgan fingerprint density at radius 1 is 1.17 bits per heavy atom. The van der Waals surface area contributed by atoms with Gasteiger partial charge >= 0.3 is 5.97 Å². The minimum absolute atomic E-state index is 0.0603. The zero-order chi connectivity index (χ0) is 25.6. The number of ether oxygens (including phenoxy) is 1. The van der Waals surface area contributed by atoms with Crippen LogP contribution in [-0.4, -0.2) is 29.4 Å². The average molecular weight is 517 g/mol. The van der Waals surface area contributed by atoms with E-state index in [1.54, 1.807) is 11.0 Å². The summed E-state index contributed by atoms with van der Waals surface area (Å²) in [6.45, 7) is 10.2. The number of carbonyl (C=O) groups excluding carboxylic acids is 2. The molecular weight excluding hydrogens is 481 g/mol. The molecule has 0 spiro atoms. The third-order valence-electron chi connectivity index (χ3n) is 6.92. The molecule has 0 bridgehead atoms. The zero-order valence-electron chi connectivity index (χ0n) is 20.8. The molecule has 4 atom stereocenters. The maximum atomic E-state index is 14.2. The number of carbonyl (C=O) groups is 2. The van der Waals surface area contributed by atoms with Crippen molar-refractivity contribution in [1.82, 2.24) is 4.90 Å². The fourth-order valence-corrected chi connectivity index (χ4v) is 5.45. The van der Waals surface area contributed by atoms with Crippen molar-refractivity contribution >= 4 is 35.1 Å². The van der Waals surface area contributed by atoms with Gasteiger partial charge in [0.2, 0.25) is 5.91 Å². The molecule has 0 saturated carbocycles. The topological polar surface area (TPSA) is 46.6 Å². The summed E-state index contributed by atoms with van der Waals surface area (Å²) in [5, 5.41) is 1.25. The standard InChI is InChI=1S/C29H35Cl2NO3/c1-5-8-17-35-27(33)25(7-3)32-26(20-12-14-22(30)15-13-20)24(21-10-9-11-23(31)18-21)19-29(4,16-6-2)28(32)34/h6,9-15,18,24-26H,2,5,7-8,16-17,19H2,1,3-4H3/t24-,25+,26-,29?/m1/s1. The fraction of sp³-hybridized carbons (Fsp3) is 0.448. The Morgan fingerprint density at radius 3 is 2.49 bits per heavy atom. The van der Waals surface area contributed by atoms with Gasteiger partial charge in [-0.3, -0.25) is 4.79 Å². The van der Waals surface area contributed by atoms with Crippen LogP contribution in [-0.2, 0) is 14.3 Å². The number of halogens is 2. The number of benzene rings is 2. The predicted molar refractivity (Wildman–Crippen MR) is 143 cm³/mol. The molecule has 1 aliphatic heterocycles. The summed E-state index contributed by atoms with van der Waals surface area (Å²) in [6.07, 6.45) is 5.06. The molecule has 1 heterocycles. The first-order valence-electron chi connectivity index (χ1n) is 12.4. The Kier molecular flexibility index (Phi) is 9.43. The van der Waals surface area contributed by atoms with Crippen LogP contribution in [0, 0.1) is 5.41 Å². The monoisotopic (exact) mass is 515 g/mol. The Bertz CT molecular complexity index is 1040. The first-order valence-corrected chi connectivity index (χ1v) is 13.1. The maximum absolute atomic E-state index is 14.2. The molecule has 188 valence electrons. The normalized spacial score (nSPS) is 23.1. The summed E-state index contributed by atoms with van der Waals surface area (Å²) >= 11 is 12.6. The second-order valence-electron chi connectivity index (χ2n) is 9.57. The lowest BCUT2D eigenvalue weighted by atomic mass is 9.67. The van der Waals surface area contributed by atoms with Crippen LogP contribution in [0.25, 0.3) is 0 Å². The van der Waals surface area contributed by atoms with Crippen molar-refractivity contribution in [3.05, 3.63) is 82.4 Å². The molecule has 4 nitrogen and oxygen atoms in total. The van der Waals surface area contributed by atoms with Gasteiger partial charge in [-0.15, -0.1) is 6.58 Å². The van der Waals surface area contributed by atoms with E-state index in [9.17, 15) is 9.59 Å². The van der Waals surface area contributed by atoms with Gasteiger partial charge in [0.05, 0.1) is 18.1 Å². The van der Waals surface area contributed by atoms with E-state index in [1.807, 2.05) is 69.3 Å². The number of amides is 1. The van der Waals surface area contributed by atoms with Gasteiger partial charge in [0, 0.05) is 16.0 Å². The summed E-state index contributed by atoms with van der Waals surface area (Å²) in [6, 6.07) is 14.2. The molecule has 2 aromatic rings. The predicted octanol–water partition coefficient (Wildman–Crippen LogP) is 7.75. The zero-order valence-corrected chi connectivity index (χ0v) is 22.3. The molecule has 2 aromatic carbocycles. The van der Waals surface area contributed by atoms with E-state index in [1.165, 1.54) is 0 Å². The Labute approximate surface area is 219 Å². The van der Waals surface area contributed by atoms with Gasteiger partial charge in [-0.25, -0.2) is 4.79 Å². The average Bonchev–Trinajstić information content (AvgIpc) is 2.83. The van der Waals surface area contributed by atoms with Gasteiger partial charge in [-0.1, -0.05) is 80.7 Å². The first-order chi connectivity index (χ1) is 16.8. The van der Waals surface area contributed by atoms with E-state index in [0.29, 0.717) is 35.9 Å². The smallest absolute Gasteiger partial charge is 0.328 e. The highest BCUT2D eigenvalue weighted by Crippen LogP contribution is 2.52. The number of likely N-dealkylation sites (tertiary alicyclic amines) is 1. The van der Waals surface area contributed by atoms with Crippen LogP contribution in [0.1, 0.15) is 76.0 Å². The van der Waals surface area contributed by atoms with Crippen molar-refractivity contribution < 1.29 is 14.3 Å². The highest BCUT2D eigenvalue weighted by atomic mass is 35.5. The minimum atomic E-state index is -0.714. The molecule has 1 saturated heterocycles. The number of esters is 1. The highest BCUT2D eigenvalue weighted by Gasteiger charge is 2.52. The quantitative estimate of drug-likeness (QED) is 0.184. The van der Waals surface area contributed by atoms with E-state index in [4.69, 9.17) is 27.9 Å². The van der Waals surface area contributed by atoms with Crippen molar-refractivity contribution in [2.24, 2.45) is 5.41 Å². The number of hydrogen-bond donors (Lipinski definition) is 0. The van der Waals surface area contributed by atoms with Crippen LogP contribution < -0.4 is 0 Å². The van der Waals surface area contributed by atoms with Crippen molar-refractivity contribution in [1.29, 1.82) is 0 Å². The Hall–Kier alpha value is -2.30. The minimum Gasteiger partial charge on any atom is -0.464 e. The molecule has 0 aromatic heterocycles. The molecule has 0 N–H and O–H groups in total. The van der Waals surface area contributed by atoms with Gasteiger partial charge in [-0.2, -0.15) is 0 Å². The molecule has 1 fully saturated rings. The van der Waals surface area contributed by atoms with Crippen LogP contribution in [0.5, 0.6) is 0 Å². The molecular formula is C29H35Cl2NO3. The molecule has 6 heteroatoms. The summed E-state index contributed by atoms with van der Waals surface area (Å²) in [4.78, 5) is 29.3. The van der Waals surface area contributed by atoms with Crippen molar-refractivity contribution in [3.8, 4) is 0 Å². The highest BCUT2D eigenvalue weighted by molar-refractivity contribution is 6.30. The molecule has 1 unspecified atom stereocenters. The van der Waals surface area contributed by atoms with Crippen LogP contribution in [0.4, 0.5) is 0 Å². The molecule has 1 amide bonds. The number of rotatable bonds is 10. The number of allylic oxidation sites excluding steroid dienone is 1. The third-order valence-corrected chi connectivity index (χ3v) is 7.41. The van der Waals surface area contributed by atoms with Gasteiger partial charge in [0.1, 0.15) is 6.04 Å². The summed E-state index contributed by atoms with van der Waals surface area (Å²) in [7, 11) is 0. The number of unbranched alkanes of at least 4 members (excludes halogenated alkanes) is 1. The largest absolute Gasteiger partial charge is 0.464 e. The summed E-state index contributed by atoms with van der Waals surface area (Å²) < 4.78 is 5.63. The van der Waals surface area contributed by atoms with Crippen LogP contribution in [0.3, 0.4) is 0 Å². The van der Waals surface area contributed by atoms with Crippen molar-refractivity contribution in [2.45, 2.75) is 70.9 Å². The van der Waals surface area contributed by atoms with E-state index in [-0.39, 0.29) is 23.8 Å². The van der Waals surface area contributed by atoms with E-state index < -0.39 is 11.5 Å². The van der Waals surface area contributed by atoms with Gasteiger partial charge in [0.25, 0.3) is 0 Å². The van der Waals surface area contributed by atoms with Crippen molar-refractivity contribution in [2.75, 3.05) is 6.61 Å². The second kappa shape index (κ2) is 12.1. The van der Waals surface area contributed by atoms with Gasteiger partial charge in [0.15, 0.2) is 0 Å². The maximum Gasteiger partial charge on any atom is 0.328 e. The Balaban J connectivity index is 2.18. The lowest BCUT2D eigenvalue weighted by Gasteiger charge is -2.51. The molecule has 0 aliphatic carbocycles. The van der Waals surface area contributed by atoms with E-state index in [0.717, 1.165) is 24.0 Å². The van der Waals surface area contributed by atoms with Crippen LogP contribution in [0.15, 0.2) is 61.2 Å². The second-order valence-corrected chi connectivity index (χ2v) is 10.4. The van der Waals surface area contributed by atoms with Crippen molar-refractivity contribution in [3.63, 3.8) is 0 Å².